The number of fused-ring (bicyclic) bond motifs is 2. The van der Waals surface area contributed by atoms with Gasteiger partial charge in [0.05, 0.1) is 38.2 Å². The Morgan fingerprint density at radius 2 is 1.80 bits per heavy atom. The standard InChI is InChI=1S/C32H37N3O10.H2O.2H2/c1-35(2)22(14-37)20-11-17-10-19-18(15-5-4-6-16(9-15)31(43)34-21(13-36)32(44)45-3)7-8-23(38)27(19)29(41)26(17)30(42)28(20)24(39)12-25(33)40;;;/h4-9,17,20-22,28,36-38,41H,10-14H2,1-3H3,(H2,33,40)(H,34,43);1H2;2*1H. The lowest BCUT2D eigenvalue weighted by molar-refractivity contribution is -0.144. The second-order valence-electron chi connectivity index (χ2n) is 11.5. The van der Waals surface area contributed by atoms with Crippen LogP contribution < -0.4 is 11.1 Å². The summed E-state index contributed by atoms with van der Waals surface area (Å²) in [5, 5.41) is 44.5. The number of esters is 1. The van der Waals surface area contributed by atoms with Gasteiger partial charge in [-0.05, 0) is 73.7 Å². The van der Waals surface area contributed by atoms with Crippen LogP contribution in [-0.2, 0) is 30.3 Å². The van der Waals surface area contributed by atoms with E-state index >= 15 is 0 Å². The summed E-state index contributed by atoms with van der Waals surface area (Å²) in [7, 11) is 4.53. The van der Waals surface area contributed by atoms with Gasteiger partial charge in [-0.25, -0.2) is 4.79 Å². The average molecular weight is 646 g/mol. The summed E-state index contributed by atoms with van der Waals surface area (Å²) in [6, 6.07) is 7.45. The second kappa shape index (κ2) is 14.6. The Morgan fingerprint density at radius 1 is 1.11 bits per heavy atom. The number of aliphatic hydroxyl groups excluding tert-OH is 3. The summed E-state index contributed by atoms with van der Waals surface area (Å²) in [6.07, 6.45) is -0.295. The number of aromatic hydroxyl groups is 1. The zero-order valence-electron chi connectivity index (χ0n) is 25.6. The van der Waals surface area contributed by atoms with Gasteiger partial charge < -0.3 is 46.6 Å². The maximum absolute atomic E-state index is 14.0. The first-order valence-electron chi connectivity index (χ1n) is 14.3. The van der Waals surface area contributed by atoms with Crippen molar-refractivity contribution in [2.24, 2.45) is 23.5 Å². The zero-order chi connectivity index (χ0) is 33.2. The Bertz CT molecular complexity index is 1580. The van der Waals surface area contributed by atoms with Crippen LogP contribution in [-0.4, -0.2) is 107 Å². The highest BCUT2D eigenvalue weighted by atomic mass is 16.5. The molecule has 1 saturated carbocycles. The summed E-state index contributed by atoms with van der Waals surface area (Å²) in [5.74, 6) is -7.16. The molecule has 2 aromatic carbocycles. The number of phenolic OH excluding ortho intramolecular Hbond substituents is 1. The number of ether oxygens (including phenoxy) is 1. The fraction of sp³-hybridized carbons (Fsp3) is 0.406. The van der Waals surface area contributed by atoms with Crippen molar-refractivity contribution in [1.82, 2.24) is 10.2 Å². The number of ketones is 2. The number of phenols is 1. The predicted molar refractivity (Wildman–Crippen MR) is 168 cm³/mol. The van der Waals surface area contributed by atoms with E-state index in [1.807, 2.05) is 0 Å². The van der Waals surface area contributed by atoms with Gasteiger partial charge in [0, 0.05) is 20.0 Å². The molecule has 0 aliphatic heterocycles. The maximum atomic E-state index is 14.0. The Kier molecular flexibility index (Phi) is 11.4. The highest BCUT2D eigenvalue weighted by Gasteiger charge is 2.50. The molecule has 2 aliphatic rings. The van der Waals surface area contributed by atoms with Crippen LogP contribution in [0.25, 0.3) is 16.9 Å². The van der Waals surface area contributed by atoms with Gasteiger partial charge in [0.1, 0.15) is 11.5 Å². The topological polar surface area (TPSA) is 248 Å². The third-order valence-corrected chi connectivity index (χ3v) is 8.62. The molecule has 14 nitrogen and oxygen atoms in total. The van der Waals surface area contributed by atoms with E-state index in [1.54, 1.807) is 43.3 Å². The largest absolute Gasteiger partial charge is 0.507 e. The van der Waals surface area contributed by atoms with Crippen molar-refractivity contribution >= 4 is 35.1 Å². The highest BCUT2D eigenvalue weighted by Crippen LogP contribution is 2.49. The number of primary amides is 1. The lowest BCUT2D eigenvalue weighted by Crippen LogP contribution is -2.51. The van der Waals surface area contributed by atoms with Gasteiger partial charge in [-0.2, -0.15) is 0 Å². The highest BCUT2D eigenvalue weighted by molar-refractivity contribution is 6.17. The Balaban J connectivity index is 0.00000384. The normalized spacial score (nSPS) is 20.1. The molecule has 0 bridgehead atoms. The molecule has 0 saturated heterocycles. The molecule has 2 amide bonds. The zero-order valence-corrected chi connectivity index (χ0v) is 25.6. The van der Waals surface area contributed by atoms with E-state index < -0.39 is 78.0 Å². The molecule has 9 N–H and O–H groups in total. The minimum atomic E-state index is -1.33. The molecule has 46 heavy (non-hydrogen) atoms. The van der Waals surface area contributed by atoms with Gasteiger partial charge in [-0.15, -0.1) is 0 Å². The number of aliphatic hydroxyl groups is 3. The number of allylic oxidation sites excluding steroid dienone is 1. The SMILES string of the molecule is COC(=O)C(CO)NC(=O)c1cccc(-c2ccc(O)c3c2CC2CC(C(CO)N(C)C)C(C(=O)CC(N)=O)C(=O)C2=C3O)c1.O.[HH].[HH]. The minimum Gasteiger partial charge on any atom is -0.507 e. The van der Waals surface area contributed by atoms with Crippen LogP contribution in [0.15, 0.2) is 42.0 Å². The van der Waals surface area contributed by atoms with Crippen molar-refractivity contribution in [3.8, 4) is 16.9 Å². The number of hydrogen-bond donors (Lipinski definition) is 6. The average Bonchev–Trinajstić information content (AvgIpc) is 2.99. The van der Waals surface area contributed by atoms with Gasteiger partial charge >= 0.3 is 5.97 Å². The number of amides is 2. The number of hydrogen-bond acceptors (Lipinski definition) is 11. The van der Waals surface area contributed by atoms with Crippen LogP contribution in [0.3, 0.4) is 0 Å². The third kappa shape index (κ3) is 6.79. The predicted octanol–water partition coefficient (Wildman–Crippen LogP) is 0.00380. The molecule has 0 aromatic heterocycles. The van der Waals surface area contributed by atoms with Gasteiger partial charge in [0.2, 0.25) is 5.91 Å². The minimum absolute atomic E-state index is 0. The summed E-state index contributed by atoms with van der Waals surface area (Å²) in [6.45, 7) is -1.04. The number of benzene rings is 2. The molecule has 1 fully saturated rings. The Labute approximate surface area is 267 Å². The Morgan fingerprint density at radius 3 is 2.39 bits per heavy atom. The summed E-state index contributed by atoms with van der Waals surface area (Å²) < 4.78 is 4.60. The van der Waals surface area contributed by atoms with Crippen molar-refractivity contribution in [2.75, 3.05) is 34.4 Å². The first kappa shape index (κ1) is 35.8. The maximum Gasteiger partial charge on any atom is 0.330 e. The van der Waals surface area contributed by atoms with Crippen LogP contribution in [0.1, 0.15) is 37.2 Å². The van der Waals surface area contributed by atoms with Crippen LogP contribution in [0.2, 0.25) is 0 Å². The molecule has 14 heteroatoms. The molecule has 5 atom stereocenters. The fourth-order valence-electron chi connectivity index (χ4n) is 6.52. The lowest BCUT2D eigenvalue weighted by atomic mass is 9.62. The van der Waals surface area contributed by atoms with Gasteiger partial charge in [-0.3, -0.25) is 19.2 Å². The molecule has 0 spiro atoms. The van der Waals surface area contributed by atoms with Gasteiger partial charge in [0.15, 0.2) is 17.6 Å². The molecule has 4 rings (SSSR count). The van der Waals surface area contributed by atoms with E-state index in [9.17, 15) is 44.4 Å². The molecule has 0 radical (unpaired) electrons. The molecule has 252 valence electrons. The van der Waals surface area contributed by atoms with Crippen LogP contribution in [0, 0.1) is 17.8 Å². The van der Waals surface area contributed by atoms with Crippen LogP contribution in [0.4, 0.5) is 0 Å². The number of likely N-dealkylation sites (N-methyl/N-ethyl adjacent to an activating group) is 1. The number of carbonyl (C=O) groups excluding carboxylic acids is 5. The fourth-order valence-corrected chi connectivity index (χ4v) is 6.52. The molecular formula is C32H43N3O11. The monoisotopic (exact) mass is 645 g/mol. The van der Waals surface area contributed by atoms with E-state index in [-0.39, 0.29) is 50.2 Å². The van der Waals surface area contributed by atoms with Crippen molar-refractivity contribution in [3.63, 3.8) is 0 Å². The van der Waals surface area contributed by atoms with Crippen molar-refractivity contribution in [3.05, 3.63) is 58.7 Å². The number of Topliss-reactive ketones (excluding diaryl/α,β-unsaturated/α-hetero) is 2. The van der Waals surface area contributed by atoms with Crippen LogP contribution >= 0.6 is 0 Å². The number of methoxy groups -OCH3 is 1. The molecule has 2 aromatic rings. The smallest absolute Gasteiger partial charge is 0.330 e. The first-order valence-corrected chi connectivity index (χ1v) is 14.3. The van der Waals surface area contributed by atoms with Crippen LogP contribution in [0.5, 0.6) is 5.75 Å². The molecule has 2 aliphatic carbocycles. The van der Waals surface area contributed by atoms with E-state index in [1.165, 1.54) is 12.1 Å². The Hall–Kier alpha value is -4.63. The van der Waals surface area contributed by atoms with E-state index in [2.05, 4.69) is 10.1 Å². The molecule has 0 heterocycles. The first-order chi connectivity index (χ1) is 21.3. The molecule has 5 unspecified atom stereocenters. The summed E-state index contributed by atoms with van der Waals surface area (Å²) in [5.41, 5.74) is 7.00. The van der Waals surface area contributed by atoms with E-state index in [0.29, 0.717) is 16.7 Å². The molecular weight excluding hydrogens is 602 g/mol. The van der Waals surface area contributed by atoms with Crippen molar-refractivity contribution in [2.45, 2.75) is 31.3 Å². The summed E-state index contributed by atoms with van der Waals surface area (Å²) in [4.78, 5) is 65.3. The summed E-state index contributed by atoms with van der Waals surface area (Å²) >= 11 is 0. The second-order valence-corrected chi connectivity index (χ2v) is 11.5. The third-order valence-electron chi connectivity index (χ3n) is 8.62. The lowest BCUT2D eigenvalue weighted by Gasteiger charge is -2.43. The van der Waals surface area contributed by atoms with E-state index in [0.717, 1.165) is 7.11 Å². The van der Waals surface area contributed by atoms with Gasteiger partial charge in [0.25, 0.3) is 5.91 Å². The van der Waals surface area contributed by atoms with Crippen molar-refractivity contribution in [1.29, 1.82) is 0 Å². The van der Waals surface area contributed by atoms with Gasteiger partial charge in [-0.1, -0.05) is 18.2 Å². The number of carbonyl (C=O) groups is 5. The van der Waals surface area contributed by atoms with E-state index in [4.69, 9.17) is 5.73 Å². The number of rotatable bonds is 11. The quantitative estimate of drug-likeness (QED) is 0.140. The number of nitrogens with one attached hydrogen (secondary N) is 1. The number of nitrogens with two attached hydrogens (primary N) is 1. The number of nitrogens with zero attached hydrogens (tertiary/aromatic N) is 1. The van der Waals surface area contributed by atoms with Crippen molar-refractivity contribution < 1.29 is 57.5 Å².